The van der Waals surface area contributed by atoms with Gasteiger partial charge in [-0.05, 0) is 31.1 Å². The molecule has 3 N–H and O–H groups in total. The fourth-order valence-corrected chi connectivity index (χ4v) is 2.62. The quantitative estimate of drug-likeness (QED) is 0.561. The van der Waals surface area contributed by atoms with Crippen LogP contribution in [0.4, 0.5) is 11.6 Å². The number of carbonyl (C=O) groups excluding carboxylic acids is 1. The highest BCUT2D eigenvalue weighted by atomic mass is 16.1. The third-order valence-electron chi connectivity index (χ3n) is 3.92. The van der Waals surface area contributed by atoms with E-state index < -0.39 is 0 Å². The summed E-state index contributed by atoms with van der Waals surface area (Å²) in [4.78, 5) is 15.9. The number of fused-ring (bicyclic) bond motifs is 1. The summed E-state index contributed by atoms with van der Waals surface area (Å²) < 4.78 is 1.67. The van der Waals surface area contributed by atoms with Crippen molar-refractivity contribution >= 4 is 22.9 Å². The van der Waals surface area contributed by atoms with Crippen molar-refractivity contribution in [2.45, 2.75) is 13.8 Å². The molecular weight excluding hydrogens is 316 g/mol. The number of anilines is 2. The maximum Gasteiger partial charge on any atom is 0.332 e. The first-order valence-electron chi connectivity index (χ1n) is 7.91. The molecule has 4 rings (SSSR count). The van der Waals surface area contributed by atoms with Gasteiger partial charge in [0.15, 0.2) is 5.52 Å². The Morgan fingerprint density at radius 1 is 1.20 bits per heavy atom. The van der Waals surface area contributed by atoms with E-state index in [4.69, 9.17) is 0 Å². The first-order valence-corrected chi connectivity index (χ1v) is 7.91. The smallest absolute Gasteiger partial charge is 0.282 e. The minimum Gasteiger partial charge on any atom is -0.282 e. The van der Waals surface area contributed by atoms with Gasteiger partial charge in [0.05, 0.1) is 0 Å². The molecule has 0 aliphatic rings. The lowest BCUT2D eigenvalue weighted by Gasteiger charge is -2.02. The maximum absolute atomic E-state index is 12.8. The topological polar surface area (TPSA) is 89.2 Å². The molecule has 3 aromatic heterocycles. The average Bonchev–Trinajstić information content (AvgIpc) is 3.23. The zero-order valence-electron chi connectivity index (χ0n) is 13.9. The summed E-state index contributed by atoms with van der Waals surface area (Å²) in [7, 11) is 0. The van der Waals surface area contributed by atoms with Crippen LogP contribution in [0.25, 0.3) is 5.52 Å². The first-order chi connectivity index (χ1) is 12.1. The summed E-state index contributed by atoms with van der Waals surface area (Å²) in [5.41, 5.74) is 3.45. The minimum absolute atomic E-state index is 0.170. The second-order valence-electron chi connectivity index (χ2n) is 5.94. The molecule has 124 valence electrons. The van der Waals surface area contributed by atoms with E-state index in [1.165, 1.54) is 0 Å². The molecule has 0 aliphatic carbocycles. The number of benzene rings is 1. The largest absolute Gasteiger partial charge is 0.332 e. The minimum atomic E-state index is -0.170. The van der Waals surface area contributed by atoms with E-state index in [1.807, 2.05) is 44.2 Å². The molecule has 0 unspecified atom stereocenters. The van der Waals surface area contributed by atoms with E-state index >= 15 is 0 Å². The van der Waals surface area contributed by atoms with Crippen LogP contribution < -0.4 is 10.3 Å². The lowest BCUT2D eigenvalue weighted by atomic mass is 10.1. The summed E-state index contributed by atoms with van der Waals surface area (Å²) in [6, 6.07) is 13.1. The number of hydrogen-bond donors (Lipinski definition) is 2. The maximum atomic E-state index is 12.8. The molecule has 7 heteroatoms. The highest BCUT2D eigenvalue weighted by Gasteiger charge is 2.22. The number of ketones is 1. The Bertz CT molecular complexity index is 1060. The number of aryl methyl sites for hydroxylation is 2. The van der Waals surface area contributed by atoms with Crippen molar-refractivity contribution < 1.29 is 9.78 Å². The highest BCUT2D eigenvalue weighted by Crippen LogP contribution is 2.17. The van der Waals surface area contributed by atoms with Gasteiger partial charge in [-0.1, -0.05) is 29.8 Å². The fraction of sp³-hybridized carbons (Fsp3) is 0.111. The number of H-pyrrole nitrogens is 2. The molecule has 0 amide bonds. The second kappa shape index (κ2) is 5.86. The van der Waals surface area contributed by atoms with Gasteiger partial charge in [0.2, 0.25) is 5.82 Å². The monoisotopic (exact) mass is 333 g/mol. The lowest BCUT2D eigenvalue weighted by Crippen LogP contribution is -2.25. The zero-order valence-corrected chi connectivity index (χ0v) is 13.9. The van der Waals surface area contributed by atoms with Crippen LogP contribution >= 0.6 is 0 Å². The molecular formula is C18H17N6O+. The van der Waals surface area contributed by atoms with Gasteiger partial charge in [-0.15, -0.1) is 5.10 Å². The zero-order chi connectivity index (χ0) is 17.4. The van der Waals surface area contributed by atoms with Gasteiger partial charge >= 0.3 is 5.82 Å². The van der Waals surface area contributed by atoms with Crippen molar-refractivity contribution in [3.05, 3.63) is 71.3 Å². The highest BCUT2D eigenvalue weighted by molar-refractivity contribution is 6.05. The van der Waals surface area contributed by atoms with Crippen molar-refractivity contribution in [3.63, 3.8) is 0 Å². The van der Waals surface area contributed by atoms with Gasteiger partial charge in [-0.2, -0.15) is 4.52 Å². The fourth-order valence-electron chi connectivity index (χ4n) is 2.62. The van der Waals surface area contributed by atoms with Crippen LogP contribution in [-0.2, 0) is 0 Å². The third kappa shape index (κ3) is 2.87. The number of aromatic nitrogens is 5. The van der Waals surface area contributed by atoms with E-state index in [2.05, 4.69) is 25.6 Å². The molecule has 0 saturated carbocycles. The van der Waals surface area contributed by atoms with Crippen LogP contribution in [0.3, 0.4) is 0 Å². The Kier molecular flexibility index (Phi) is 3.53. The van der Waals surface area contributed by atoms with Gasteiger partial charge in [0.25, 0.3) is 11.6 Å². The Balaban J connectivity index is 1.77. The van der Waals surface area contributed by atoms with Crippen molar-refractivity contribution in [2.75, 3.05) is 5.32 Å². The molecule has 7 nitrogen and oxygen atoms in total. The molecule has 0 atom stereocenters. The van der Waals surface area contributed by atoms with Crippen molar-refractivity contribution in [2.24, 2.45) is 0 Å². The molecule has 25 heavy (non-hydrogen) atoms. The van der Waals surface area contributed by atoms with Crippen LogP contribution in [0.2, 0.25) is 0 Å². The van der Waals surface area contributed by atoms with Gasteiger partial charge in [0, 0.05) is 23.5 Å². The third-order valence-corrected chi connectivity index (χ3v) is 3.92. The van der Waals surface area contributed by atoms with E-state index in [1.54, 1.807) is 22.8 Å². The molecule has 1 aromatic carbocycles. The number of nitrogens with zero attached hydrogens (tertiary/aromatic N) is 3. The van der Waals surface area contributed by atoms with Crippen molar-refractivity contribution in [1.29, 1.82) is 0 Å². The number of carbonyl (C=O) groups is 1. The second-order valence-corrected chi connectivity index (χ2v) is 5.94. The van der Waals surface area contributed by atoms with Gasteiger partial charge in [-0.3, -0.25) is 15.2 Å². The Morgan fingerprint density at radius 2 is 2.00 bits per heavy atom. The van der Waals surface area contributed by atoms with Gasteiger partial charge in [-0.25, -0.2) is 4.98 Å². The molecule has 0 aliphatic heterocycles. The molecule has 0 bridgehead atoms. The van der Waals surface area contributed by atoms with E-state index in [9.17, 15) is 4.79 Å². The van der Waals surface area contributed by atoms with E-state index in [0.717, 1.165) is 16.8 Å². The molecule has 0 fully saturated rings. The summed E-state index contributed by atoms with van der Waals surface area (Å²) >= 11 is 0. The molecule has 3 heterocycles. The van der Waals surface area contributed by atoms with E-state index in [0.29, 0.717) is 17.2 Å². The van der Waals surface area contributed by atoms with E-state index in [-0.39, 0.29) is 11.6 Å². The van der Waals surface area contributed by atoms with Crippen LogP contribution in [0, 0.1) is 13.8 Å². The standard InChI is InChI=1S/C18H16N6O/c1-11-5-7-13(8-6-11)16(25)18-20-17(14-4-3-9-24(14)23-18)19-15-10-12(2)21-22-15/h3-10H,1-2H3,(H2,19,20,21,22,23)/p+1. The first kappa shape index (κ1) is 15.1. The molecule has 0 radical (unpaired) electrons. The molecule has 0 spiro atoms. The molecule has 4 aromatic rings. The van der Waals surface area contributed by atoms with Gasteiger partial charge < -0.3 is 0 Å². The van der Waals surface area contributed by atoms with Crippen LogP contribution in [-0.4, -0.2) is 25.6 Å². The Morgan fingerprint density at radius 3 is 2.72 bits per heavy atom. The van der Waals surface area contributed by atoms with Crippen molar-refractivity contribution in [1.82, 2.24) is 19.8 Å². The predicted molar refractivity (Wildman–Crippen MR) is 93.0 cm³/mol. The average molecular weight is 333 g/mol. The summed E-state index contributed by atoms with van der Waals surface area (Å²) in [6.07, 6.45) is 1.80. The van der Waals surface area contributed by atoms with Crippen LogP contribution in [0.1, 0.15) is 27.4 Å². The predicted octanol–water partition coefficient (Wildman–Crippen LogP) is 2.46. The lowest BCUT2D eigenvalue weighted by molar-refractivity contribution is -0.369. The Labute approximate surface area is 143 Å². The number of nitrogens with one attached hydrogen (secondary N) is 3. The summed E-state index contributed by atoms with van der Waals surface area (Å²) in [5, 5.41) is 14.6. The number of hydrogen-bond acceptors (Lipinski definition) is 4. The van der Waals surface area contributed by atoms with Crippen LogP contribution in [0.15, 0.2) is 48.7 Å². The summed E-state index contributed by atoms with van der Waals surface area (Å²) in [6.45, 7) is 3.91. The SMILES string of the molecule is Cc1ccc(C(=O)c2nn3cccc3c(Nc3cc(C)[nH]n3)[nH+]2)cc1. The summed E-state index contributed by atoms with van der Waals surface area (Å²) in [5.74, 6) is 1.40. The van der Waals surface area contributed by atoms with Crippen molar-refractivity contribution in [3.8, 4) is 0 Å². The van der Waals surface area contributed by atoms with Gasteiger partial charge in [0.1, 0.15) is 0 Å². The molecule has 0 saturated heterocycles. The normalized spacial score (nSPS) is 11.0. The Hall–Kier alpha value is -3.48. The van der Waals surface area contributed by atoms with Crippen LogP contribution in [0.5, 0.6) is 0 Å². The number of aromatic amines is 2. The number of rotatable bonds is 4.